The highest BCUT2D eigenvalue weighted by Gasteiger charge is 2.49. The molecule has 2 fully saturated rings. The Labute approximate surface area is 297 Å². The normalized spacial score (nSPS) is 18.6. The number of rotatable bonds is 13. The maximum Gasteiger partial charge on any atom is 0.352 e. The first kappa shape index (κ1) is 36.3. The van der Waals surface area contributed by atoms with Gasteiger partial charge in [0.15, 0.2) is 0 Å². The second-order valence-electron chi connectivity index (χ2n) is 13.0. The highest BCUT2D eigenvalue weighted by Crippen LogP contribution is 2.42. The Bertz CT molecular complexity index is 1740. The molecule has 2 unspecified atom stereocenters. The molecule has 10 nitrogen and oxygen atoms in total. The van der Waals surface area contributed by atoms with Crippen molar-refractivity contribution in [3.63, 3.8) is 0 Å². The average molecular weight is 699 g/mol. The predicted molar refractivity (Wildman–Crippen MR) is 192 cm³/mol. The highest BCUT2D eigenvalue weighted by molar-refractivity contribution is 6.30. The van der Waals surface area contributed by atoms with E-state index in [2.05, 4.69) is 10.6 Å². The molecule has 0 aromatic heterocycles. The van der Waals surface area contributed by atoms with Crippen molar-refractivity contribution >= 4 is 53.0 Å². The number of amides is 4. The van der Waals surface area contributed by atoms with Crippen molar-refractivity contribution in [3.8, 4) is 0 Å². The summed E-state index contributed by atoms with van der Waals surface area (Å²) >= 11 is 6.23. The maximum absolute atomic E-state index is 14.4. The molecule has 262 valence electrons. The Kier molecular flexibility index (Phi) is 11.7. The van der Waals surface area contributed by atoms with Gasteiger partial charge in [-0.25, -0.2) is 4.79 Å². The molecule has 1 aliphatic heterocycles. The molecule has 5 rings (SSSR count). The van der Waals surface area contributed by atoms with Crippen molar-refractivity contribution in [2.24, 2.45) is 5.41 Å². The number of hydrogen-bond donors (Lipinski definition) is 3. The fraction of sp³-hybridized carbons (Fsp3) is 0.359. The van der Waals surface area contributed by atoms with Gasteiger partial charge in [0.25, 0.3) is 5.91 Å². The van der Waals surface area contributed by atoms with E-state index in [0.717, 1.165) is 24.0 Å². The van der Waals surface area contributed by atoms with Crippen molar-refractivity contribution < 1.29 is 29.1 Å². The molecule has 3 N–H and O–H groups in total. The molecule has 1 aliphatic carbocycles. The van der Waals surface area contributed by atoms with Gasteiger partial charge in [-0.3, -0.25) is 24.1 Å². The summed E-state index contributed by atoms with van der Waals surface area (Å²) < 4.78 is 0. The number of benzene rings is 3. The summed E-state index contributed by atoms with van der Waals surface area (Å²) in [5.74, 6) is -2.22. The zero-order valence-electron chi connectivity index (χ0n) is 28.4. The average Bonchev–Trinajstić information content (AvgIpc) is 3.69. The SMILES string of the molecule is CCCC(=O)N1C(Cc2ccccc2)C(=O)N(c2ccc(/C=C(\NC(=O)C3(CCNC(C)=O)CCCC3)C(=O)O)cc2)C1c1ccc(Cl)cc1. The monoisotopic (exact) mass is 698 g/mol. The minimum atomic E-state index is -1.29. The number of carbonyl (C=O) groups excluding carboxylic acids is 4. The molecule has 2 atom stereocenters. The zero-order chi connectivity index (χ0) is 35.8. The van der Waals surface area contributed by atoms with Crippen LogP contribution in [0, 0.1) is 5.41 Å². The predicted octanol–water partition coefficient (Wildman–Crippen LogP) is 6.25. The van der Waals surface area contributed by atoms with E-state index < -0.39 is 23.6 Å². The number of carbonyl (C=O) groups is 5. The molecule has 1 heterocycles. The summed E-state index contributed by atoms with van der Waals surface area (Å²) in [5, 5.41) is 16.0. The lowest BCUT2D eigenvalue weighted by Crippen LogP contribution is -2.42. The summed E-state index contributed by atoms with van der Waals surface area (Å²) in [6, 6.07) is 22.7. The van der Waals surface area contributed by atoms with Crippen molar-refractivity contribution in [1.82, 2.24) is 15.5 Å². The van der Waals surface area contributed by atoms with Crippen LogP contribution < -0.4 is 15.5 Å². The first-order chi connectivity index (χ1) is 24.0. The quantitative estimate of drug-likeness (QED) is 0.181. The molecular formula is C39H43ClN4O6. The Balaban J connectivity index is 1.46. The number of aliphatic carboxylic acids is 1. The van der Waals surface area contributed by atoms with Gasteiger partial charge in [-0.2, -0.15) is 0 Å². The van der Waals surface area contributed by atoms with Gasteiger partial charge < -0.3 is 20.6 Å². The van der Waals surface area contributed by atoms with E-state index in [1.807, 2.05) is 49.4 Å². The molecule has 4 amide bonds. The maximum atomic E-state index is 14.4. The Morgan fingerprint density at radius 1 is 0.960 bits per heavy atom. The first-order valence-corrected chi connectivity index (χ1v) is 17.5. The Hall–Kier alpha value is -4.96. The van der Waals surface area contributed by atoms with Gasteiger partial charge in [-0.1, -0.05) is 86.0 Å². The topological polar surface area (TPSA) is 136 Å². The molecule has 3 aromatic carbocycles. The van der Waals surface area contributed by atoms with Crippen LogP contribution in [0.3, 0.4) is 0 Å². The van der Waals surface area contributed by atoms with E-state index >= 15 is 0 Å². The third kappa shape index (κ3) is 8.25. The van der Waals surface area contributed by atoms with Crippen LogP contribution in [0.4, 0.5) is 5.69 Å². The molecule has 1 saturated heterocycles. The van der Waals surface area contributed by atoms with E-state index in [1.165, 1.54) is 13.0 Å². The van der Waals surface area contributed by atoms with Gasteiger partial charge in [-0.05, 0) is 72.7 Å². The van der Waals surface area contributed by atoms with Gasteiger partial charge in [0.2, 0.25) is 17.7 Å². The second-order valence-corrected chi connectivity index (χ2v) is 13.5. The third-order valence-corrected chi connectivity index (χ3v) is 9.79. The van der Waals surface area contributed by atoms with Gasteiger partial charge >= 0.3 is 5.97 Å². The Morgan fingerprint density at radius 3 is 2.22 bits per heavy atom. The molecule has 11 heteroatoms. The fourth-order valence-electron chi connectivity index (χ4n) is 7.01. The van der Waals surface area contributed by atoms with E-state index in [-0.39, 0.29) is 35.7 Å². The summed E-state index contributed by atoms with van der Waals surface area (Å²) in [5.41, 5.74) is 1.65. The van der Waals surface area contributed by atoms with E-state index in [0.29, 0.717) is 54.9 Å². The van der Waals surface area contributed by atoms with Crippen molar-refractivity contribution in [3.05, 3.63) is 106 Å². The van der Waals surface area contributed by atoms with Crippen molar-refractivity contribution in [2.45, 2.75) is 77.4 Å². The molecule has 0 spiro atoms. The molecule has 1 saturated carbocycles. The number of nitrogens with zero attached hydrogens (tertiary/aromatic N) is 2. The molecule has 0 bridgehead atoms. The lowest BCUT2D eigenvalue weighted by atomic mass is 9.81. The zero-order valence-corrected chi connectivity index (χ0v) is 29.1. The van der Waals surface area contributed by atoms with Crippen LogP contribution in [0.2, 0.25) is 5.02 Å². The molecule has 50 heavy (non-hydrogen) atoms. The minimum Gasteiger partial charge on any atom is -0.477 e. The van der Waals surface area contributed by atoms with Crippen LogP contribution in [-0.2, 0) is 30.4 Å². The smallest absolute Gasteiger partial charge is 0.352 e. The lowest BCUT2D eigenvalue weighted by Gasteiger charge is -2.32. The fourth-order valence-corrected chi connectivity index (χ4v) is 7.13. The number of hydrogen-bond acceptors (Lipinski definition) is 5. The van der Waals surface area contributed by atoms with Crippen molar-refractivity contribution in [1.29, 1.82) is 0 Å². The van der Waals surface area contributed by atoms with Crippen LogP contribution in [0.5, 0.6) is 0 Å². The molecular weight excluding hydrogens is 656 g/mol. The van der Waals surface area contributed by atoms with E-state index in [9.17, 15) is 29.1 Å². The van der Waals surface area contributed by atoms with Crippen LogP contribution in [0.1, 0.15) is 81.6 Å². The van der Waals surface area contributed by atoms with Crippen LogP contribution in [0.15, 0.2) is 84.6 Å². The Morgan fingerprint density at radius 2 is 1.62 bits per heavy atom. The van der Waals surface area contributed by atoms with E-state index in [4.69, 9.17) is 11.6 Å². The highest BCUT2D eigenvalue weighted by atomic mass is 35.5. The van der Waals surface area contributed by atoms with Gasteiger partial charge in [-0.15, -0.1) is 0 Å². The first-order valence-electron chi connectivity index (χ1n) is 17.1. The molecule has 0 radical (unpaired) electrons. The van der Waals surface area contributed by atoms with Gasteiger partial charge in [0.1, 0.15) is 17.9 Å². The van der Waals surface area contributed by atoms with Crippen LogP contribution in [0.25, 0.3) is 6.08 Å². The van der Waals surface area contributed by atoms with Crippen LogP contribution >= 0.6 is 11.6 Å². The lowest BCUT2D eigenvalue weighted by molar-refractivity contribution is -0.137. The summed E-state index contributed by atoms with van der Waals surface area (Å²) in [6.45, 7) is 3.67. The standard InChI is InChI=1S/C39H43ClN4O6/c1-3-9-34(46)44-33(25-27-10-5-4-6-11-27)36(47)43(35(44)29-14-16-30(40)17-15-29)31-18-12-28(13-19-31)24-32(37(48)49)42-38(50)39(20-7-8-21-39)22-23-41-26(2)45/h4-6,10-19,24,33,35H,3,7-9,20-23,25H2,1-2H3,(H,41,45)(H,42,50)(H,48,49)/b32-24-. The largest absolute Gasteiger partial charge is 0.477 e. The van der Waals surface area contributed by atoms with Gasteiger partial charge in [0.05, 0.1) is 5.41 Å². The summed E-state index contributed by atoms with van der Waals surface area (Å²) in [4.78, 5) is 68.6. The molecule has 3 aromatic rings. The minimum absolute atomic E-state index is 0.136. The third-order valence-electron chi connectivity index (χ3n) is 9.54. The van der Waals surface area contributed by atoms with Crippen molar-refractivity contribution in [2.75, 3.05) is 11.4 Å². The van der Waals surface area contributed by atoms with E-state index in [1.54, 1.807) is 46.2 Å². The number of halogens is 1. The molecule has 2 aliphatic rings. The summed E-state index contributed by atoms with van der Waals surface area (Å²) in [7, 11) is 0. The van der Waals surface area contributed by atoms with Crippen LogP contribution in [-0.4, -0.2) is 52.2 Å². The number of anilines is 1. The van der Waals surface area contributed by atoms with Gasteiger partial charge in [0, 0.05) is 37.0 Å². The number of carboxylic acid groups (broad SMARTS) is 1. The number of nitrogens with one attached hydrogen (secondary N) is 2. The number of carboxylic acids is 1. The second kappa shape index (κ2) is 16.2. The summed E-state index contributed by atoms with van der Waals surface area (Å²) in [6.07, 6.45) is 5.23.